The molecule has 2 amide bonds. The highest BCUT2D eigenvalue weighted by molar-refractivity contribution is 7.11. The molecule has 2 aromatic rings. The summed E-state index contributed by atoms with van der Waals surface area (Å²) in [6.07, 6.45) is 1.40. The van der Waals surface area contributed by atoms with Gasteiger partial charge in [0.2, 0.25) is 5.88 Å². The molecule has 0 aliphatic heterocycles. The number of carbonyl (C=O) groups excluding carboxylic acids is 1. The molecule has 12 heteroatoms. The Balaban J connectivity index is 2.08. The second kappa shape index (κ2) is 10.2. The third-order valence-electron chi connectivity index (χ3n) is 3.48. The molecule has 0 spiro atoms. The molecule has 0 unspecified atom stereocenters. The van der Waals surface area contributed by atoms with Gasteiger partial charge in [-0.1, -0.05) is 11.6 Å². The number of carboxylic acids is 1. The highest BCUT2D eigenvalue weighted by Crippen LogP contribution is 2.31. The van der Waals surface area contributed by atoms with Gasteiger partial charge in [0, 0.05) is 11.6 Å². The average Bonchev–Trinajstić information content (AvgIpc) is 3.00. The van der Waals surface area contributed by atoms with Crippen molar-refractivity contribution in [2.75, 3.05) is 18.4 Å². The van der Waals surface area contributed by atoms with Gasteiger partial charge in [0.25, 0.3) is 0 Å². The predicted molar refractivity (Wildman–Crippen MR) is 100 cm³/mol. The Morgan fingerprint density at radius 1 is 1.29 bits per heavy atom. The number of anilines is 1. The minimum absolute atomic E-state index is 0.0733. The van der Waals surface area contributed by atoms with Gasteiger partial charge >= 0.3 is 12.0 Å². The lowest BCUT2D eigenvalue weighted by atomic mass is 10.2. The predicted octanol–water partition coefficient (Wildman–Crippen LogP) is 3.21. The van der Waals surface area contributed by atoms with Crippen LogP contribution in [0.1, 0.15) is 28.8 Å². The van der Waals surface area contributed by atoms with Crippen LogP contribution in [0.25, 0.3) is 0 Å². The highest BCUT2D eigenvalue weighted by Gasteiger charge is 2.24. The number of hydrogen-bond donors (Lipinski definition) is 4. The first-order valence-electron chi connectivity index (χ1n) is 8.07. The van der Waals surface area contributed by atoms with Crippen LogP contribution in [0.3, 0.4) is 0 Å². The summed E-state index contributed by atoms with van der Waals surface area (Å²) in [6, 6.07) is 1.19. The molecular weight excluding hydrogens is 418 g/mol. The van der Waals surface area contributed by atoms with E-state index in [9.17, 15) is 23.5 Å². The number of aromatic carboxylic acids is 1. The summed E-state index contributed by atoms with van der Waals surface area (Å²) < 4.78 is 36.6. The summed E-state index contributed by atoms with van der Waals surface area (Å²) >= 11 is 6.22. The molecule has 152 valence electrons. The highest BCUT2D eigenvalue weighted by atomic mass is 35.5. The molecule has 0 aliphatic rings. The zero-order valence-corrected chi connectivity index (χ0v) is 16.0. The van der Waals surface area contributed by atoms with Gasteiger partial charge < -0.3 is 20.9 Å². The van der Waals surface area contributed by atoms with E-state index in [2.05, 4.69) is 15.0 Å². The Morgan fingerprint density at radius 2 is 1.96 bits per heavy atom. The van der Waals surface area contributed by atoms with Gasteiger partial charge in [0.1, 0.15) is 23.2 Å². The zero-order chi connectivity index (χ0) is 20.7. The van der Waals surface area contributed by atoms with Crippen molar-refractivity contribution in [1.29, 1.82) is 0 Å². The number of urea groups is 1. The molecule has 5 N–H and O–H groups in total. The van der Waals surface area contributed by atoms with Gasteiger partial charge in [-0.2, -0.15) is 4.37 Å². The van der Waals surface area contributed by atoms with E-state index in [0.29, 0.717) is 31.0 Å². The third kappa shape index (κ3) is 5.75. The molecule has 1 aromatic heterocycles. The van der Waals surface area contributed by atoms with Gasteiger partial charge in [-0.05, 0) is 43.1 Å². The fourth-order valence-corrected chi connectivity index (χ4v) is 3.03. The molecule has 0 fully saturated rings. The van der Waals surface area contributed by atoms with Crippen molar-refractivity contribution in [3.05, 3.63) is 39.9 Å². The summed E-state index contributed by atoms with van der Waals surface area (Å²) in [7, 11) is 0. The lowest BCUT2D eigenvalue weighted by Gasteiger charge is -2.08. The van der Waals surface area contributed by atoms with E-state index in [1.165, 1.54) is 0 Å². The third-order valence-corrected chi connectivity index (χ3v) is 4.44. The van der Waals surface area contributed by atoms with Crippen molar-refractivity contribution in [2.24, 2.45) is 5.73 Å². The van der Waals surface area contributed by atoms with E-state index in [0.717, 1.165) is 18.6 Å². The van der Waals surface area contributed by atoms with Crippen LogP contribution in [0, 0.1) is 11.6 Å². The van der Waals surface area contributed by atoms with E-state index in [4.69, 9.17) is 22.1 Å². The molecule has 0 saturated heterocycles. The number of benzene rings is 1. The molecular formula is C16H17ClF2N4O4S. The Labute approximate surface area is 167 Å². The maximum absolute atomic E-state index is 13.8. The van der Waals surface area contributed by atoms with E-state index < -0.39 is 41.4 Å². The fraction of sp³-hybridized carbons (Fsp3) is 0.312. The number of nitrogens with zero attached hydrogens (tertiary/aromatic N) is 1. The normalized spacial score (nSPS) is 10.6. The Bertz CT molecular complexity index is 842. The molecule has 1 aromatic carbocycles. The number of nitrogens with one attached hydrogen (secondary N) is 2. The minimum atomic E-state index is -1.42. The van der Waals surface area contributed by atoms with Crippen LogP contribution in [0.5, 0.6) is 5.88 Å². The van der Waals surface area contributed by atoms with Crippen LogP contribution in [-0.4, -0.2) is 34.6 Å². The first-order chi connectivity index (χ1) is 13.3. The monoisotopic (exact) mass is 434 g/mol. The fourth-order valence-electron chi connectivity index (χ4n) is 2.12. The first-order valence-corrected chi connectivity index (χ1v) is 9.22. The maximum Gasteiger partial charge on any atom is 0.344 e. The molecule has 0 bridgehead atoms. The Kier molecular flexibility index (Phi) is 7.91. The van der Waals surface area contributed by atoms with Gasteiger partial charge in [-0.25, -0.2) is 18.4 Å². The first kappa shape index (κ1) is 21.8. The van der Waals surface area contributed by atoms with Crippen LogP contribution in [0.2, 0.25) is 5.02 Å². The summed E-state index contributed by atoms with van der Waals surface area (Å²) in [5.41, 5.74) is 4.50. The number of hydrogen-bond acceptors (Lipinski definition) is 6. The van der Waals surface area contributed by atoms with Crippen molar-refractivity contribution in [1.82, 2.24) is 9.69 Å². The van der Waals surface area contributed by atoms with Gasteiger partial charge in [-0.3, -0.25) is 5.32 Å². The lowest BCUT2D eigenvalue weighted by molar-refractivity contribution is 0.0693. The molecule has 0 radical (unpaired) electrons. The summed E-state index contributed by atoms with van der Waals surface area (Å²) in [5.74, 6) is -3.66. The number of rotatable bonds is 9. The van der Waals surface area contributed by atoms with Gasteiger partial charge in [0.15, 0.2) is 5.56 Å². The Hall–Kier alpha value is -2.50. The molecule has 2 rings (SSSR count). The minimum Gasteiger partial charge on any atom is -0.477 e. The molecule has 0 aliphatic carbocycles. The zero-order valence-electron chi connectivity index (χ0n) is 14.4. The number of amides is 2. The van der Waals surface area contributed by atoms with Crippen LogP contribution < -0.4 is 21.1 Å². The maximum atomic E-state index is 13.8. The number of nitrogens with two attached hydrogens (primary N) is 1. The van der Waals surface area contributed by atoms with Crippen LogP contribution in [0.15, 0.2) is 12.1 Å². The second-order valence-electron chi connectivity index (χ2n) is 5.51. The van der Waals surface area contributed by atoms with Crippen molar-refractivity contribution in [2.45, 2.75) is 19.4 Å². The molecule has 1 heterocycles. The van der Waals surface area contributed by atoms with Crippen molar-refractivity contribution >= 4 is 40.1 Å². The average molecular weight is 435 g/mol. The molecule has 0 atom stereocenters. The van der Waals surface area contributed by atoms with Gasteiger partial charge in [-0.15, -0.1) is 0 Å². The SMILES string of the molecule is NCCCCNC(=O)Nc1snc(OCc2c(F)cc(Cl)cc2F)c1C(=O)O. The molecule has 8 nitrogen and oxygen atoms in total. The quantitative estimate of drug-likeness (QED) is 0.449. The summed E-state index contributed by atoms with van der Waals surface area (Å²) in [4.78, 5) is 23.3. The van der Waals surface area contributed by atoms with Crippen molar-refractivity contribution in [3.63, 3.8) is 0 Å². The van der Waals surface area contributed by atoms with Crippen LogP contribution in [-0.2, 0) is 6.61 Å². The van der Waals surface area contributed by atoms with E-state index in [-0.39, 0.29) is 15.9 Å². The largest absolute Gasteiger partial charge is 0.477 e. The Morgan fingerprint density at radius 3 is 2.57 bits per heavy atom. The molecule has 28 heavy (non-hydrogen) atoms. The van der Waals surface area contributed by atoms with Crippen molar-refractivity contribution < 1.29 is 28.2 Å². The number of halogens is 3. The van der Waals surface area contributed by atoms with Crippen LogP contribution in [0.4, 0.5) is 18.6 Å². The number of ether oxygens (including phenoxy) is 1. The van der Waals surface area contributed by atoms with Crippen molar-refractivity contribution in [3.8, 4) is 5.88 Å². The number of carboxylic acid groups (broad SMARTS) is 1. The van der Waals surface area contributed by atoms with E-state index in [1.54, 1.807) is 0 Å². The number of unbranched alkanes of at least 4 members (excludes halogenated alkanes) is 1. The smallest absolute Gasteiger partial charge is 0.344 e. The summed E-state index contributed by atoms with van der Waals surface area (Å²) in [6.45, 7) is 0.253. The van der Waals surface area contributed by atoms with Crippen LogP contribution >= 0.6 is 23.1 Å². The topological polar surface area (TPSA) is 127 Å². The van der Waals surface area contributed by atoms with E-state index in [1.807, 2.05) is 0 Å². The van der Waals surface area contributed by atoms with Gasteiger partial charge in [0.05, 0.1) is 5.56 Å². The standard InChI is InChI=1S/C16H17ClF2N4O4S/c17-8-5-10(18)9(11(19)6-8)7-27-13-12(15(24)25)14(28-23-13)22-16(26)21-4-2-1-3-20/h5-6H,1-4,7,20H2,(H,24,25)(H2,21,22,26). The number of carbonyl (C=O) groups is 2. The molecule has 0 saturated carbocycles. The van der Waals surface area contributed by atoms with E-state index >= 15 is 0 Å². The second-order valence-corrected chi connectivity index (χ2v) is 6.72. The lowest BCUT2D eigenvalue weighted by Crippen LogP contribution is -2.30. The summed E-state index contributed by atoms with van der Waals surface area (Å²) in [5, 5.41) is 14.1. The number of aromatic nitrogens is 1.